The molecule has 3 rings (SSSR count). The Balaban J connectivity index is 1.86. The number of carbonyl (C=O) groups is 1. The van der Waals surface area contributed by atoms with E-state index >= 15 is 0 Å². The molecule has 0 aromatic heterocycles. The summed E-state index contributed by atoms with van der Waals surface area (Å²) in [7, 11) is 1.38. The fraction of sp³-hybridized carbons (Fsp3) is 0.263. The lowest BCUT2D eigenvalue weighted by Gasteiger charge is -2.32. The lowest BCUT2D eigenvalue weighted by atomic mass is 10.0. The number of carbonyl (C=O) groups excluding carboxylic acids is 1. The molecule has 29 heavy (non-hydrogen) atoms. The predicted molar refractivity (Wildman–Crippen MR) is 98.9 cm³/mol. The molecule has 1 N–H and O–H groups in total. The van der Waals surface area contributed by atoms with Gasteiger partial charge in [-0.3, -0.25) is 4.79 Å². The summed E-state index contributed by atoms with van der Waals surface area (Å²) in [6, 6.07) is 12.2. The molecule has 6 nitrogen and oxygen atoms in total. The second kappa shape index (κ2) is 7.92. The number of nitrogens with zero attached hydrogens (tertiary/aromatic N) is 2. The van der Waals surface area contributed by atoms with E-state index in [0.717, 1.165) is 0 Å². The van der Waals surface area contributed by atoms with Crippen LogP contribution in [0.3, 0.4) is 0 Å². The molecular formula is C19H16ClF3N2O4. The van der Waals surface area contributed by atoms with Gasteiger partial charge in [0.2, 0.25) is 0 Å². The van der Waals surface area contributed by atoms with Gasteiger partial charge in [-0.15, -0.1) is 0 Å². The number of hydrogen-bond donors (Lipinski definition) is 1. The highest BCUT2D eigenvalue weighted by Gasteiger charge is 2.63. The van der Waals surface area contributed by atoms with E-state index in [9.17, 15) is 23.1 Å². The summed E-state index contributed by atoms with van der Waals surface area (Å²) in [5.41, 5.74) is -3.28. The largest absolute Gasteiger partial charge is 0.493 e. The van der Waals surface area contributed by atoms with Gasteiger partial charge in [0.1, 0.15) is 0 Å². The van der Waals surface area contributed by atoms with Crippen molar-refractivity contribution in [2.45, 2.75) is 18.3 Å². The fourth-order valence-corrected chi connectivity index (χ4v) is 2.90. The summed E-state index contributed by atoms with van der Waals surface area (Å²) in [4.78, 5) is 12.5. The summed E-state index contributed by atoms with van der Waals surface area (Å²) in [6.45, 7) is -0.782. The normalized spacial score (nSPS) is 19.1. The van der Waals surface area contributed by atoms with E-state index in [4.69, 9.17) is 21.1 Å². The molecule has 1 amide bonds. The van der Waals surface area contributed by atoms with Crippen LogP contribution in [0.1, 0.15) is 12.0 Å². The minimum Gasteiger partial charge on any atom is -0.493 e. The van der Waals surface area contributed by atoms with E-state index in [2.05, 4.69) is 5.10 Å². The van der Waals surface area contributed by atoms with Crippen LogP contribution in [-0.4, -0.2) is 47.4 Å². The van der Waals surface area contributed by atoms with Crippen molar-refractivity contribution in [3.8, 4) is 11.5 Å². The lowest BCUT2D eigenvalue weighted by molar-refractivity contribution is -0.302. The van der Waals surface area contributed by atoms with Gasteiger partial charge in [-0.2, -0.15) is 23.3 Å². The van der Waals surface area contributed by atoms with Crippen molar-refractivity contribution < 1.29 is 32.5 Å². The van der Waals surface area contributed by atoms with Crippen LogP contribution in [0.4, 0.5) is 13.2 Å². The van der Waals surface area contributed by atoms with E-state index in [1.54, 1.807) is 18.2 Å². The first kappa shape index (κ1) is 20.9. The number of hydrogen-bond acceptors (Lipinski definition) is 5. The highest BCUT2D eigenvalue weighted by atomic mass is 35.5. The van der Waals surface area contributed by atoms with Gasteiger partial charge >= 0.3 is 6.18 Å². The van der Waals surface area contributed by atoms with Gasteiger partial charge in [0.25, 0.3) is 11.6 Å². The molecule has 1 aliphatic heterocycles. The standard InChI is InChI=1S/C19H16ClF3N2O4/c1-28-15-4-2-3-5-16(15)29-11-17(26)25-18(27,19(21,22)23)10-14(24-25)12-6-8-13(20)9-7-12/h2-9,27H,10-11H2,1H3/t18-/m0/s1. The highest BCUT2D eigenvalue weighted by Crippen LogP contribution is 2.41. The Bertz CT molecular complexity index is 934. The second-order valence-corrected chi connectivity index (χ2v) is 6.63. The van der Waals surface area contributed by atoms with Crippen LogP contribution in [0.2, 0.25) is 5.02 Å². The number of amides is 1. The Morgan fingerprint density at radius 3 is 2.41 bits per heavy atom. The highest BCUT2D eigenvalue weighted by molar-refractivity contribution is 6.30. The summed E-state index contributed by atoms with van der Waals surface area (Å²) < 4.78 is 51.1. The molecule has 0 fully saturated rings. The zero-order valence-electron chi connectivity index (χ0n) is 15.1. The summed E-state index contributed by atoms with van der Waals surface area (Å²) in [5, 5.41) is 14.4. The Kier molecular flexibility index (Phi) is 5.72. The van der Waals surface area contributed by atoms with Crippen LogP contribution >= 0.6 is 11.6 Å². The first-order valence-corrected chi connectivity index (χ1v) is 8.75. The van der Waals surface area contributed by atoms with Gasteiger partial charge in [0, 0.05) is 5.02 Å². The Morgan fingerprint density at radius 1 is 1.21 bits per heavy atom. The van der Waals surface area contributed by atoms with E-state index < -0.39 is 30.8 Å². The molecule has 1 atom stereocenters. The van der Waals surface area contributed by atoms with Crippen LogP contribution in [0.15, 0.2) is 53.6 Å². The van der Waals surface area contributed by atoms with Crippen molar-refractivity contribution in [1.29, 1.82) is 0 Å². The minimum atomic E-state index is -5.13. The fourth-order valence-electron chi connectivity index (χ4n) is 2.77. The number of alkyl halides is 3. The first-order chi connectivity index (χ1) is 13.7. The van der Waals surface area contributed by atoms with E-state index in [1.165, 1.54) is 37.4 Å². The smallest absolute Gasteiger partial charge is 0.438 e. The van der Waals surface area contributed by atoms with Gasteiger partial charge in [0.05, 0.1) is 19.2 Å². The molecular weight excluding hydrogens is 413 g/mol. The number of benzene rings is 2. The maximum atomic E-state index is 13.6. The molecule has 0 aliphatic carbocycles. The monoisotopic (exact) mass is 428 g/mol. The molecule has 0 spiro atoms. The van der Waals surface area contributed by atoms with Crippen molar-refractivity contribution in [3.63, 3.8) is 0 Å². The van der Waals surface area contributed by atoms with Crippen LogP contribution in [0.5, 0.6) is 11.5 Å². The topological polar surface area (TPSA) is 71.4 Å². The maximum Gasteiger partial charge on any atom is 0.438 e. The molecule has 154 valence electrons. The van der Waals surface area contributed by atoms with Crippen LogP contribution in [-0.2, 0) is 4.79 Å². The van der Waals surface area contributed by atoms with Crippen molar-refractivity contribution in [3.05, 3.63) is 59.1 Å². The van der Waals surface area contributed by atoms with Crippen molar-refractivity contribution in [2.75, 3.05) is 13.7 Å². The number of aliphatic hydroxyl groups is 1. The Hall–Kier alpha value is -2.78. The third-order valence-electron chi connectivity index (χ3n) is 4.27. The van der Waals surface area contributed by atoms with Gasteiger partial charge in [0.15, 0.2) is 18.1 Å². The van der Waals surface area contributed by atoms with Gasteiger partial charge in [-0.25, -0.2) is 0 Å². The minimum absolute atomic E-state index is 0.0202. The zero-order valence-corrected chi connectivity index (χ0v) is 15.9. The van der Waals surface area contributed by atoms with Crippen molar-refractivity contribution >= 4 is 23.2 Å². The predicted octanol–water partition coefficient (Wildman–Crippen LogP) is 3.61. The van der Waals surface area contributed by atoms with Gasteiger partial charge in [-0.05, 0) is 29.8 Å². The quantitative estimate of drug-likeness (QED) is 0.789. The summed E-state index contributed by atoms with van der Waals surface area (Å²) >= 11 is 5.79. The van der Waals surface area contributed by atoms with Crippen molar-refractivity contribution in [2.24, 2.45) is 5.10 Å². The molecule has 0 unspecified atom stereocenters. The molecule has 1 heterocycles. The van der Waals surface area contributed by atoms with Gasteiger partial charge in [-0.1, -0.05) is 35.9 Å². The summed E-state index contributed by atoms with van der Waals surface area (Å²) in [5.74, 6) is -0.696. The molecule has 2 aromatic carbocycles. The number of ether oxygens (including phenoxy) is 2. The number of methoxy groups -OCH3 is 1. The first-order valence-electron chi connectivity index (χ1n) is 8.37. The Morgan fingerprint density at radius 2 is 1.83 bits per heavy atom. The number of para-hydroxylation sites is 2. The Labute approximate surface area is 169 Å². The third-order valence-corrected chi connectivity index (χ3v) is 4.52. The zero-order chi connectivity index (χ0) is 21.2. The molecule has 10 heteroatoms. The molecule has 1 aliphatic rings. The van der Waals surface area contributed by atoms with E-state index in [1.807, 2.05) is 0 Å². The van der Waals surface area contributed by atoms with Gasteiger partial charge < -0.3 is 14.6 Å². The number of rotatable bonds is 5. The second-order valence-electron chi connectivity index (χ2n) is 6.19. The average Bonchev–Trinajstić information content (AvgIpc) is 3.06. The summed E-state index contributed by atoms with van der Waals surface area (Å²) in [6.07, 6.45) is -6.05. The maximum absolute atomic E-state index is 13.6. The number of hydrazone groups is 1. The average molecular weight is 429 g/mol. The van der Waals surface area contributed by atoms with E-state index in [0.29, 0.717) is 16.3 Å². The lowest BCUT2D eigenvalue weighted by Crippen LogP contribution is -2.57. The van der Waals surface area contributed by atoms with Crippen LogP contribution in [0, 0.1) is 0 Å². The molecule has 0 saturated heterocycles. The SMILES string of the molecule is COc1ccccc1OCC(=O)N1N=C(c2ccc(Cl)cc2)C[C@]1(O)C(F)(F)F. The van der Waals surface area contributed by atoms with Crippen LogP contribution < -0.4 is 9.47 Å². The number of halogens is 4. The molecule has 0 saturated carbocycles. The third kappa shape index (κ3) is 4.15. The van der Waals surface area contributed by atoms with Crippen molar-refractivity contribution in [1.82, 2.24) is 5.01 Å². The van der Waals surface area contributed by atoms with Crippen LogP contribution in [0.25, 0.3) is 0 Å². The molecule has 2 aromatic rings. The van der Waals surface area contributed by atoms with E-state index in [-0.39, 0.29) is 16.5 Å². The molecule has 0 radical (unpaired) electrons. The molecule has 0 bridgehead atoms.